The first-order chi connectivity index (χ1) is 9.72. The van der Waals surface area contributed by atoms with Crippen LogP contribution in [0.2, 0.25) is 0 Å². The Morgan fingerprint density at radius 2 is 2.25 bits per heavy atom. The number of carbonyl (C=O) groups is 1. The number of aryl methyl sites for hydroxylation is 1. The Morgan fingerprint density at radius 1 is 1.40 bits per heavy atom. The average molecular weight is 274 g/mol. The normalized spacial score (nSPS) is 10.5. The van der Waals surface area contributed by atoms with Crippen molar-refractivity contribution in [2.45, 2.75) is 20.0 Å². The largest absolute Gasteiger partial charge is 0.383 e. The summed E-state index contributed by atoms with van der Waals surface area (Å²) in [7, 11) is 1.66. The van der Waals surface area contributed by atoms with E-state index in [1.165, 1.54) is 0 Å². The van der Waals surface area contributed by atoms with Crippen LogP contribution in [-0.2, 0) is 17.8 Å². The van der Waals surface area contributed by atoms with Crippen LogP contribution in [0.5, 0.6) is 0 Å². The molecule has 0 saturated carbocycles. The van der Waals surface area contributed by atoms with Crippen molar-refractivity contribution in [3.63, 3.8) is 0 Å². The number of imidazole rings is 1. The van der Waals surface area contributed by atoms with Gasteiger partial charge in [-0.1, -0.05) is 0 Å². The van der Waals surface area contributed by atoms with E-state index in [-0.39, 0.29) is 5.91 Å². The number of rotatable bonds is 6. The second-order valence-corrected chi connectivity index (χ2v) is 4.44. The molecule has 0 spiro atoms. The maximum atomic E-state index is 12.1. The van der Waals surface area contributed by atoms with Crippen LogP contribution in [0.3, 0.4) is 0 Å². The first-order valence-electron chi connectivity index (χ1n) is 6.39. The molecule has 0 bridgehead atoms. The van der Waals surface area contributed by atoms with Gasteiger partial charge in [-0.05, 0) is 18.6 Å². The molecule has 6 heteroatoms. The lowest BCUT2D eigenvalue weighted by Gasteiger charge is -2.09. The number of hydrogen-bond acceptors (Lipinski definition) is 4. The van der Waals surface area contributed by atoms with Crippen molar-refractivity contribution < 1.29 is 9.53 Å². The molecule has 1 N–H and O–H groups in total. The number of nitrogens with zero attached hydrogens (tertiary/aromatic N) is 3. The highest BCUT2D eigenvalue weighted by Crippen LogP contribution is 2.06. The Balaban J connectivity index is 1.97. The summed E-state index contributed by atoms with van der Waals surface area (Å²) >= 11 is 0. The summed E-state index contributed by atoms with van der Waals surface area (Å²) in [5.74, 6) is -0.107. The van der Waals surface area contributed by atoms with Crippen LogP contribution in [0.15, 0.2) is 31.0 Å². The van der Waals surface area contributed by atoms with Crippen LogP contribution in [0.1, 0.15) is 21.6 Å². The zero-order valence-electron chi connectivity index (χ0n) is 11.7. The van der Waals surface area contributed by atoms with Crippen LogP contribution in [0.4, 0.5) is 0 Å². The van der Waals surface area contributed by atoms with E-state index in [0.717, 1.165) is 17.8 Å². The number of methoxy groups -OCH3 is 1. The minimum Gasteiger partial charge on any atom is -0.383 e. The SMILES string of the molecule is COCCn1cncc1CNC(=O)c1ccncc1C. The molecule has 0 atom stereocenters. The standard InChI is InChI=1S/C14H18N4O2/c1-11-7-15-4-3-13(11)14(19)17-9-12-8-16-10-18(12)5-6-20-2/h3-4,7-8,10H,5-6,9H2,1-2H3,(H,17,19). The third kappa shape index (κ3) is 3.42. The minimum absolute atomic E-state index is 0.107. The van der Waals surface area contributed by atoms with E-state index in [1.807, 2.05) is 11.5 Å². The van der Waals surface area contributed by atoms with Crippen LogP contribution in [0, 0.1) is 6.92 Å². The van der Waals surface area contributed by atoms with Gasteiger partial charge in [0.1, 0.15) is 0 Å². The lowest BCUT2D eigenvalue weighted by molar-refractivity contribution is 0.0949. The molecule has 2 aromatic heterocycles. The first-order valence-corrected chi connectivity index (χ1v) is 6.39. The fourth-order valence-electron chi connectivity index (χ4n) is 1.88. The number of nitrogens with one attached hydrogen (secondary N) is 1. The monoisotopic (exact) mass is 274 g/mol. The third-order valence-corrected chi connectivity index (χ3v) is 3.03. The number of hydrogen-bond donors (Lipinski definition) is 1. The molecule has 2 heterocycles. The first kappa shape index (κ1) is 14.2. The molecule has 6 nitrogen and oxygen atoms in total. The van der Waals surface area contributed by atoms with Gasteiger partial charge in [-0.3, -0.25) is 9.78 Å². The van der Waals surface area contributed by atoms with E-state index in [1.54, 1.807) is 38.1 Å². The molecule has 0 unspecified atom stereocenters. The van der Waals surface area contributed by atoms with Crippen molar-refractivity contribution in [3.05, 3.63) is 47.8 Å². The Labute approximate surface area is 117 Å². The fourth-order valence-corrected chi connectivity index (χ4v) is 1.88. The summed E-state index contributed by atoms with van der Waals surface area (Å²) in [4.78, 5) is 20.2. The van der Waals surface area contributed by atoms with Gasteiger partial charge in [-0.15, -0.1) is 0 Å². The summed E-state index contributed by atoms with van der Waals surface area (Å²) in [6, 6.07) is 1.72. The van der Waals surface area contributed by atoms with E-state index in [0.29, 0.717) is 18.7 Å². The average Bonchev–Trinajstić information content (AvgIpc) is 2.90. The molecule has 0 fully saturated rings. The Morgan fingerprint density at radius 3 is 3.00 bits per heavy atom. The summed E-state index contributed by atoms with van der Waals surface area (Å²) < 4.78 is 7.00. The van der Waals surface area contributed by atoms with Gasteiger partial charge in [0, 0.05) is 37.8 Å². The molecule has 106 valence electrons. The Bertz CT molecular complexity index is 580. The van der Waals surface area contributed by atoms with Gasteiger partial charge in [0.05, 0.1) is 25.2 Å². The molecule has 20 heavy (non-hydrogen) atoms. The number of carbonyl (C=O) groups excluding carboxylic acids is 1. The highest BCUT2D eigenvalue weighted by atomic mass is 16.5. The lowest BCUT2D eigenvalue weighted by Crippen LogP contribution is -2.25. The molecule has 2 aromatic rings. The van der Waals surface area contributed by atoms with Crippen molar-refractivity contribution in [2.75, 3.05) is 13.7 Å². The summed E-state index contributed by atoms with van der Waals surface area (Å²) in [5.41, 5.74) is 2.45. The zero-order valence-corrected chi connectivity index (χ0v) is 11.7. The number of pyridine rings is 1. The van der Waals surface area contributed by atoms with Crippen LogP contribution >= 0.6 is 0 Å². The molecule has 0 aromatic carbocycles. The van der Waals surface area contributed by atoms with Crippen molar-refractivity contribution in [3.8, 4) is 0 Å². The molecule has 0 aliphatic carbocycles. The maximum absolute atomic E-state index is 12.1. The van der Waals surface area contributed by atoms with Gasteiger partial charge in [0.15, 0.2) is 0 Å². The molecule has 0 aliphatic rings. The smallest absolute Gasteiger partial charge is 0.251 e. The molecule has 0 saturated heterocycles. The minimum atomic E-state index is -0.107. The van der Waals surface area contributed by atoms with Gasteiger partial charge in [0.25, 0.3) is 5.91 Å². The quantitative estimate of drug-likeness (QED) is 0.858. The van der Waals surface area contributed by atoms with Gasteiger partial charge in [0.2, 0.25) is 0 Å². The second kappa shape index (κ2) is 6.81. The maximum Gasteiger partial charge on any atom is 0.251 e. The van der Waals surface area contributed by atoms with Gasteiger partial charge in [-0.2, -0.15) is 0 Å². The molecular formula is C14H18N4O2. The van der Waals surface area contributed by atoms with E-state index in [4.69, 9.17) is 4.74 Å². The van der Waals surface area contributed by atoms with Gasteiger partial charge < -0.3 is 14.6 Å². The Hall–Kier alpha value is -2.21. The molecule has 0 radical (unpaired) electrons. The molecule has 1 amide bonds. The number of ether oxygens (including phenoxy) is 1. The van der Waals surface area contributed by atoms with E-state index in [9.17, 15) is 4.79 Å². The van der Waals surface area contributed by atoms with Gasteiger partial charge in [-0.25, -0.2) is 4.98 Å². The third-order valence-electron chi connectivity index (χ3n) is 3.03. The topological polar surface area (TPSA) is 69.0 Å². The van der Waals surface area contributed by atoms with E-state index < -0.39 is 0 Å². The second-order valence-electron chi connectivity index (χ2n) is 4.44. The summed E-state index contributed by atoms with van der Waals surface area (Å²) in [5, 5.41) is 2.89. The number of amides is 1. The molecular weight excluding hydrogens is 256 g/mol. The van der Waals surface area contributed by atoms with E-state index >= 15 is 0 Å². The fraction of sp³-hybridized carbons (Fsp3) is 0.357. The number of aromatic nitrogens is 3. The van der Waals surface area contributed by atoms with Crippen LogP contribution in [-0.4, -0.2) is 34.2 Å². The van der Waals surface area contributed by atoms with Gasteiger partial charge >= 0.3 is 0 Å². The van der Waals surface area contributed by atoms with Crippen molar-refractivity contribution in [2.24, 2.45) is 0 Å². The lowest BCUT2D eigenvalue weighted by atomic mass is 10.1. The Kier molecular flexibility index (Phi) is 4.84. The highest BCUT2D eigenvalue weighted by molar-refractivity contribution is 5.95. The predicted octanol–water partition coefficient (Wildman–Crippen LogP) is 1.16. The van der Waals surface area contributed by atoms with Crippen molar-refractivity contribution >= 4 is 5.91 Å². The van der Waals surface area contributed by atoms with Crippen molar-refractivity contribution in [1.82, 2.24) is 19.9 Å². The highest BCUT2D eigenvalue weighted by Gasteiger charge is 2.09. The molecule has 0 aliphatic heterocycles. The van der Waals surface area contributed by atoms with Crippen LogP contribution < -0.4 is 5.32 Å². The van der Waals surface area contributed by atoms with E-state index in [2.05, 4.69) is 15.3 Å². The molecule has 2 rings (SSSR count). The van der Waals surface area contributed by atoms with Crippen molar-refractivity contribution in [1.29, 1.82) is 0 Å². The zero-order chi connectivity index (χ0) is 14.4. The summed E-state index contributed by atoms with van der Waals surface area (Å²) in [6.45, 7) is 3.63. The van der Waals surface area contributed by atoms with Crippen LogP contribution in [0.25, 0.3) is 0 Å². The predicted molar refractivity (Wildman–Crippen MR) is 74.2 cm³/mol. The summed E-state index contributed by atoms with van der Waals surface area (Å²) in [6.07, 6.45) is 6.77.